The van der Waals surface area contributed by atoms with Crippen molar-refractivity contribution in [2.75, 3.05) is 26.4 Å². The number of alkyl halides is 3. The van der Waals surface area contributed by atoms with E-state index in [2.05, 4.69) is 5.32 Å². The summed E-state index contributed by atoms with van der Waals surface area (Å²) >= 11 is 0. The minimum atomic E-state index is -4.84. The van der Waals surface area contributed by atoms with Gasteiger partial charge in [-0.15, -0.1) is 0 Å². The van der Waals surface area contributed by atoms with Gasteiger partial charge in [0.05, 0.1) is 6.61 Å². The van der Waals surface area contributed by atoms with Gasteiger partial charge >= 0.3 is 12.2 Å². The summed E-state index contributed by atoms with van der Waals surface area (Å²) in [6.45, 7) is 11.3. The van der Waals surface area contributed by atoms with Crippen molar-refractivity contribution in [3.8, 4) is 17.2 Å². The van der Waals surface area contributed by atoms with E-state index in [-0.39, 0.29) is 36.5 Å². The quantitative estimate of drug-likeness (QED) is 0.224. The first-order chi connectivity index (χ1) is 20.1. The van der Waals surface area contributed by atoms with Gasteiger partial charge in [0.15, 0.2) is 17.1 Å². The highest BCUT2D eigenvalue weighted by Gasteiger charge is 2.52. The Balaban J connectivity index is 1.45. The summed E-state index contributed by atoms with van der Waals surface area (Å²) in [5.41, 5.74) is -2.66. The number of fused-ring (bicyclic) bond motifs is 1. The maximum Gasteiger partial charge on any atom is 0.421 e. The van der Waals surface area contributed by atoms with Gasteiger partial charge in [-0.1, -0.05) is 40.7 Å². The molecule has 4 rings (SSSR count). The summed E-state index contributed by atoms with van der Waals surface area (Å²) in [5.74, 6) is 0.969. The van der Waals surface area contributed by atoms with Crippen LogP contribution in [0.1, 0.15) is 94.9 Å². The van der Waals surface area contributed by atoms with Crippen molar-refractivity contribution >= 4 is 11.9 Å². The molecule has 3 amide bonds. The van der Waals surface area contributed by atoms with E-state index < -0.39 is 23.3 Å². The van der Waals surface area contributed by atoms with Crippen LogP contribution in [0.3, 0.4) is 0 Å². The average Bonchev–Trinajstić information content (AvgIpc) is 3.20. The molecule has 0 spiro atoms. The smallest absolute Gasteiger partial charge is 0.421 e. The average molecular weight is 607 g/mol. The Morgan fingerprint density at radius 2 is 1.60 bits per heavy atom. The zero-order valence-corrected chi connectivity index (χ0v) is 25.6. The zero-order valence-electron chi connectivity index (χ0n) is 25.6. The Kier molecular flexibility index (Phi) is 9.25. The lowest BCUT2D eigenvalue weighted by Crippen LogP contribution is -2.43. The van der Waals surface area contributed by atoms with Gasteiger partial charge in [-0.25, -0.2) is 4.79 Å². The predicted molar refractivity (Wildman–Crippen MR) is 155 cm³/mol. The minimum absolute atomic E-state index is 0.162. The van der Waals surface area contributed by atoms with Crippen molar-refractivity contribution in [2.24, 2.45) is 0 Å². The van der Waals surface area contributed by atoms with Gasteiger partial charge in [0.25, 0.3) is 5.91 Å². The fourth-order valence-corrected chi connectivity index (χ4v) is 5.47. The molecule has 2 N–H and O–H groups in total. The van der Waals surface area contributed by atoms with E-state index in [0.29, 0.717) is 66.4 Å². The van der Waals surface area contributed by atoms with Crippen molar-refractivity contribution in [1.82, 2.24) is 10.2 Å². The number of imide groups is 1. The summed E-state index contributed by atoms with van der Waals surface area (Å²) in [6.07, 6.45) is -3.52. The molecule has 0 radical (unpaired) electrons. The number of carbonyl (C=O) groups excluding carboxylic acids is 2. The predicted octanol–water partition coefficient (Wildman–Crippen LogP) is 6.49. The standard InChI is InChI=1S/C32H41F3N2O6/c1-7-31(21-10-11-25-26(18-21)42-15-14-41-25)28(38)37(29(39)36-31)12-8-9-13-43-27-23(19(2)3)16-22(17-24(27)20(4)5)30(6,40)32(33,34)35/h10-11,16-20,40H,7-9,12-15H2,1-6H3,(H,36,39). The van der Waals surface area contributed by atoms with Crippen LogP contribution >= 0.6 is 0 Å². The summed E-state index contributed by atoms with van der Waals surface area (Å²) < 4.78 is 58.3. The monoisotopic (exact) mass is 606 g/mol. The van der Waals surface area contributed by atoms with Crippen LogP contribution in [0.4, 0.5) is 18.0 Å². The molecular weight excluding hydrogens is 565 g/mol. The molecule has 2 aliphatic heterocycles. The molecule has 0 saturated carbocycles. The fraction of sp³-hybridized carbons (Fsp3) is 0.562. The highest BCUT2D eigenvalue weighted by Crippen LogP contribution is 2.44. The maximum absolute atomic E-state index is 13.6. The number of nitrogens with zero attached hydrogens (tertiary/aromatic N) is 1. The first-order valence-corrected chi connectivity index (χ1v) is 14.8. The number of benzene rings is 2. The number of halogens is 3. The minimum Gasteiger partial charge on any atom is -0.493 e. The number of aliphatic hydroxyl groups is 1. The van der Waals surface area contributed by atoms with Crippen LogP contribution in [-0.2, 0) is 15.9 Å². The molecule has 8 nitrogen and oxygen atoms in total. The SMILES string of the molecule is CCC1(c2ccc3c(c2)OCCO3)NC(=O)N(CCCCOc2c(C(C)C)cc(C(C)(O)C(F)(F)F)cc2C(C)C)C1=O. The fourth-order valence-electron chi connectivity index (χ4n) is 5.47. The Morgan fingerprint density at radius 1 is 1.00 bits per heavy atom. The molecule has 1 saturated heterocycles. The molecule has 2 aromatic carbocycles. The Morgan fingerprint density at radius 3 is 2.16 bits per heavy atom. The van der Waals surface area contributed by atoms with Gasteiger partial charge in [0.2, 0.25) is 0 Å². The van der Waals surface area contributed by atoms with Crippen LogP contribution in [0.2, 0.25) is 0 Å². The molecule has 0 aliphatic carbocycles. The molecule has 2 aromatic rings. The van der Waals surface area contributed by atoms with Crippen LogP contribution in [-0.4, -0.2) is 54.5 Å². The van der Waals surface area contributed by atoms with Crippen molar-refractivity contribution in [3.63, 3.8) is 0 Å². The van der Waals surface area contributed by atoms with Gasteiger partial charge in [0.1, 0.15) is 24.5 Å². The van der Waals surface area contributed by atoms with E-state index in [9.17, 15) is 27.9 Å². The van der Waals surface area contributed by atoms with E-state index in [1.807, 2.05) is 34.6 Å². The van der Waals surface area contributed by atoms with E-state index >= 15 is 0 Å². The number of carbonyl (C=O) groups is 2. The molecule has 2 heterocycles. The third kappa shape index (κ3) is 6.14. The number of ether oxygens (including phenoxy) is 3. The van der Waals surface area contributed by atoms with Crippen molar-refractivity contribution < 1.29 is 42.1 Å². The van der Waals surface area contributed by atoms with Crippen LogP contribution in [0, 0.1) is 0 Å². The lowest BCUT2D eigenvalue weighted by Gasteiger charge is -2.30. The summed E-state index contributed by atoms with van der Waals surface area (Å²) in [4.78, 5) is 27.7. The Labute approximate surface area is 250 Å². The van der Waals surface area contributed by atoms with E-state index in [4.69, 9.17) is 14.2 Å². The first-order valence-electron chi connectivity index (χ1n) is 14.8. The summed E-state index contributed by atoms with van der Waals surface area (Å²) in [5, 5.41) is 13.2. The third-order valence-electron chi connectivity index (χ3n) is 8.27. The van der Waals surface area contributed by atoms with Crippen LogP contribution in [0.5, 0.6) is 17.2 Å². The number of urea groups is 1. The van der Waals surface area contributed by atoms with Gasteiger partial charge in [0, 0.05) is 6.54 Å². The van der Waals surface area contributed by atoms with Crippen LogP contribution < -0.4 is 19.5 Å². The summed E-state index contributed by atoms with van der Waals surface area (Å²) in [7, 11) is 0. The van der Waals surface area contributed by atoms with Crippen molar-refractivity contribution in [2.45, 2.75) is 90.0 Å². The number of hydrogen-bond donors (Lipinski definition) is 2. The normalized spacial score (nSPS) is 20.0. The molecule has 1 fully saturated rings. The van der Waals surface area contributed by atoms with E-state index in [1.54, 1.807) is 18.2 Å². The zero-order chi connectivity index (χ0) is 31.7. The van der Waals surface area contributed by atoms with Crippen LogP contribution in [0.15, 0.2) is 30.3 Å². The second-order valence-corrected chi connectivity index (χ2v) is 11.9. The van der Waals surface area contributed by atoms with Gasteiger partial charge < -0.3 is 24.6 Å². The molecule has 0 aromatic heterocycles. The number of rotatable bonds is 11. The largest absolute Gasteiger partial charge is 0.493 e. The molecule has 2 unspecified atom stereocenters. The molecule has 43 heavy (non-hydrogen) atoms. The third-order valence-corrected chi connectivity index (χ3v) is 8.27. The Bertz CT molecular complexity index is 1330. The van der Waals surface area contributed by atoms with Crippen molar-refractivity contribution in [3.05, 3.63) is 52.6 Å². The topological polar surface area (TPSA) is 97.3 Å². The number of nitrogens with one attached hydrogen (secondary N) is 1. The molecule has 0 bridgehead atoms. The molecule has 236 valence electrons. The van der Waals surface area contributed by atoms with E-state index in [0.717, 1.165) is 6.92 Å². The number of amides is 3. The molecular formula is C32H41F3N2O6. The highest BCUT2D eigenvalue weighted by molar-refractivity contribution is 6.07. The molecule has 2 atom stereocenters. The lowest BCUT2D eigenvalue weighted by atomic mass is 9.85. The van der Waals surface area contributed by atoms with E-state index in [1.165, 1.54) is 17.0 Å². The first kappa shape index (κ1) is 32.4. The second-order valence-electron chi connectivity index (χ2n) is 11.9. The van der Waals surface area contributed by atoms with Gasteiger partial charge in [-0.3, -0.25) is 9.69 Å². The molecule has 2 aliphatic rings. The highest BCUT2D eigenvalue weighted by atomic mass is 19.4. The second kappa shape index (κ2) is 12.3. The molecule has 11 heteroatoms. The maximum atomic E-state index is 13.6. The number of unbranched alkanes of at least 4 members (excludes halogenated alkanes) is 1. The Hall–Kier alpha value is -3.47. The van der Waals surface area contributed by atoms with Gasteiger partial charge in [-0.2, -0.15) is 13.2 Å². The lowest BCUT2D eigenvalue weighted by molar-refractivity contribution is -0.258. The number of hydrogen-bond acceptors (Lipinski definition) is 6. The van der Waals surface area contributed by atoms with Gasteiger partial charge in [-0.05, 0) is 84.5 Å². The van der Waals surface area contributed by atoms with Crippen molar-refractivity contribution in [1.29, 1.82) is 0 Å². The van der Waals surface area contributed by atoms with Crippen LogP contribution in [0.25, 0.3) is 0 Å². The summed E-state index contributed by atoms with van der Waals surface area (Å²) in [6, 6.07) is 7.52.